The molecular formula is C31H53N3O. The molecule has 0 aromatic heterocycles. The Labute approximate surface area is 216 Å². The van der Waals surface area contributed by atoms with Crippen molar-refractivity contribution in [2.45, 2.75) is 97.6 Å². The van der Waals surface area contributed by atoms with Crippen LogP contribution < -0.4 is 15.4 Å². The molecule has 1 aliphatic carbocycles. The first-order valence-electron chi connectivity index (χ1n) is 14.2. The predicted octanol–water partition coefficient (Wildman–Crippen LogP) is 7.06. The molecule has 1 aromatic rings. The number of benzene rings is 1. The van der Waals surface area contributed by atoms with Crippen LogP contribution >= 0.6 is 0 Å². The molecule has 0 amide bonds. The maximum atomic E-state index is 5.51. The summed E-state index contributed by atoms with van der Waals surface area (Å²) in [5.74, 6) is 2.46. The molecule has 1 aliphatic heterocycles. The van der Waals surface area contributed by atoms with Crippen molar-refractivity contribution in [3.05, 3.63) is 54.4 Å². The average molecular weight is 484 g/mol. The van der Waals surface area contributed by atoms with Gasteiger partial charge < -0.3 is 20.3 Å². The summed E-state index contributed by atoms with van der Waals surface area (Å²) >= 11 is 0. The van der Waals surface area contributed by atoms with Gasteiger partial charge in [0, 0.05) is 37.3 Å². The zero-order chi connectivity index (χ0) is 25.5. The van der Waals surface area contributed by atoms with Gasteiger partial charge in [0.2, 0.25) is 0 Å². The normalized spacial score (nSPS) is 17.3. The molecule has 4 heteroatoms. The summed E-state index contributed by atoms with van der Waals surface area (Å²) in [6.45, 7) is 19.2. The van der Waals surface area contributed by atoms with Crippen molar-refractivity contribution in [1.82, 2.24) is 15.5 Å². The summed E-state index contributed by atoms with van der Waals surface area (Å²) in [7, 11) is 1.77. The fourth-order valence-electron chi connectivity index (χ4n) is 4.64. The number of nitrogens with zero attached hydrogens (tertiary/aromatic N) is 1. The van der Waals surface area contributed by atoms with Crippen LogP contribution in [0, 0.1) is 11.8 Å². The Morgan fingerprint density at radius 3 is 2.63 bits per heavy atom. The first-order chi connectivity index (χ1) is 17.0. The van der Waals surface area contributed by atoms with E-state index >= 15 is 0 Å². The van der Waals surface area contributed by atoms with Crippen LogP contribution in [0.3, 0.4) is 0 Å². The van der Waals surface area contributed by atoms with Gasteiger partial charge in [-0.2, -0.15) is 0 Å². The molecule has 35 heavy (non-hydrogen) atoms. The van der Waals surface area contributed by atoms with E-state index in [1.54, 1.807) is 7.11 Å². The third-order valence-corrected chi connectivity index (χ3v) is 7.12. The molecule has 1 heterocycles. The maximum Gasteiger partial charge on any atom is 0.122 e. The van der Waals surface area contributed by atoms with E-state index in [9.17, 15) is 0 Å². The Morgan fingerprint density at radius 1 is 1.23 bits per heavy atom. The zero-order valence-electron chi connectivity index (χ0n) is 23.2. The molecule has 2 aliphatic rings. The van der Waals surface area contributed by atoms with E-state index in [-0.39, 0.29) is 0 Å². The van der Waals surface area contributed by atoms with Crippen molar-refractivity contribution in [3.8, 4) is 5.75 Å². The molecule has 0 radical (unpaired) electrons. The van der Waals surface area contributed by atoms with E-state index in [0.29, 0.717) is 5.92 Å². The van der Waals surface area contributed by atoms with Crippen molar-refractivity contribution >= 4 is 0 Å². The van der Waals surface area contributed by atoms with Crippen LogP contribution in [0.25, 0.3) is 0 Å². The highest BCUT2D eigenvalue weighted by Gasteiger charge is 2.26. The molecule has 0 bridgehead atoms. The van der Waals surface area contributed by atoms with Gasteiger partial charge in [0.1, 0.15) is 5.75 Å². The highest BCUT2D eigenvalue weighted by molar-refractivity contribution is 5.37. The van der Waals surface area contributed by atoms with Crippen molar-refractivity contribution in [2.75, 3.05) is 26.7 Å². The Hall–Kier alpha value is -1.94. The fourth-order valence-corrected chi connectivity index (χ4v) is 4.64. The van der Waals surface area contributed by atoms with Gasteiger partial charge >= 0.3 is 0 Å². The molecule has 2 N–H and O–H groups in total. The van der Waals surface area contributed by atoms with Crippen molar-refractivity contribution in [3.63, 3.8) is 0 Å². The molecule has 1 saturated carbocycles. The average Bonchev–Trinajstić information content (AvgIpc) is 3.71. The Morgan fingerprint density at radius 2 is 2.03 bits per heavy atom. The number of aryl methyl sites for hydroxylation is 1. The van der Waals surface area contributed by atoms with Gasteiger partial charge in [0.25, 0.3) is 0 Å². The number of hydrogen-bond donors (Lipinski definition) is 2. The number of hydrogen-bond acceptors (Lipinski definition) is 4. The minimum absolute atomic E-state index is 0.649. The number of methoxy groups -OCH3 is 1. The van der Waals surface area contributed by atoms with Crippen LogP contribution in [0.5, 0.6) is 5.75 Å². The summed E-state index contributed by atoms with van der Waals surface area (Å²) in [6, 6.07) is 7.35. The number of nitrogens with one attached hydrogen (secondary N) is 2. The molecule has 1 saturated heterocycles. The van der Waals surface area contributed by atoms with Gasteiger partial charge in [0.15, 0.2) is 0 Å². The SMILES string of the molecule is C=C(NCCC(C)C)[C@H]1CCCNC1.C=CN(Cc1ccc(OC)c(CCCCCC)c1)C1CC1. The highest BCUT2D eigenvalue weighted by Crippen LogP contribution is 2.29. The largest absolute Gasteiger partial charge is 0.496 e. The second kappa shape index (κ2) is 16.7. The molecule has 0 spiro atoms. The third-order valence-electron chi connectivity index (χ3n) is 7.12. The lowest BCUT2D eigenvalue weighted by Crippen LogP contribution is -2.34. The quantitative estimate of drug-likeness (QED) is 0.262. The lowest BCUT2D eigenvalue weighted by atomic mass is 9.96. The standard InChI is InChI=1S/C19H29NO.C12H24N2/c1-4-6-7-8-9-17-14-16(10-13-19(17)21-3)15-20(5-2)18-11-12-18;1-10(2)6-8-14-11(3)12-5-4-7-13-9-12/h5,10,13-14,18H,2,4,6-9,11-12,15H2,1,3H3;10,12-14H,3-9H2,1-2H3/t;12-/m.0/s1. The van der Waals surface area contributed by atoms with E-state index in [1.807, 2.05) is 6.20 Å². The van der Waals surface area contributed by atoms with Crippen LogP contribution in [-0.2, 0) is 13.0 Å². The Balaban J connectivity index is 0.000000269. The zero-order valence-corrected chi connectivity index (χ0v) is 23.2. The summed E-state index contributed by atoms with van der Waals surface area (Å²) in [5.41, 5.74) is 3.96. The Bertz CT molecular complexity index is 735. The highest BCUT2D eigenvalue weighted by atomic mass is 16.5. The summed E-state index contributed by atoms with van der Waals surface area (Å²) in [5, 5.41) is 6.86. The molecule has 1 atom stereocenters. The smallest absolute Gasteiger partial charge is 0.122 e. The van der Waals surface area contributed by atoms with Crippen molar-refractivity contribution in [2.24, 2.45) is 11.8 Å². The van der Waals surface area contributed by atoms with E-state index in [4.69, 9.17) is 4.74 Å². The molecule has 0 unspecified atom stereocenters. The second-order valence-corrected chi connectivity index (χ2v) is 10.7. The van der Waals surface area contributed by atoms with Crippen LogP contribution in [0.1, 0.15) is 89.7 Å². The van der Waals surface area contributed by atoms with E-state index in [2.05, 4.69) is 67.7 Å². The monoisotopic (exact) mass is 483 g/mol. The van der Waals surface area contributed by atoms with Gasteiger partial charge in [-0.05, 0) is 80.8 Å². The van der Waals surface area contributed by atoms with E-state index < -0.39 is 0 Å². The van der Waals surface area contributed by atoms with E-state index in [0.717, 1.165) is 43.8 Å². The summed E-state index contributed by atoms with van der Waals surface area (Å²) in [6.07, 6.45) is 14.7. The number of unbranched alkanes of at least 4 members (excludes halogenated alkanes) is 3. The first kappa shape index (κ1) is 29.3. The van der Waals surface area contributed by atoms with Crippen molar-refractivity contribution in [1.29, 1.82) is 0 Å². The van der Waals surface area contributed by atoms with Gasteiger partial charge in [0.05, 0.1) is 7.11 Å². The Kier molecular flexibility index (Phi) is 14.0. The van der Waals surface area contributed by atoms with Crippen LogP contribution in [0.2, 0.25) is 0 Å². The van der Waals surface area contributed by atoms with Gasteiger partial charge in [-0.25, -0.2) is 0 Å². The van der Waals surface area contributed by atoms with Gasteiger partial charge in [-0.3, -0.25) is 0 Å². The lowest BCUT2D eigenvalue weighted by Gasteiger charge is -2.25. The predicted molar refractivity (Wildman–Crippen MR) is 152 cm³/mol. The number of rotatable bonds is 15. The van der Waals surface area contributed by atoms with Crippen LogP contribution in [0.4, 0.5) is 0 Å². The van der Waals surface area contributed by atoms with Gasteiger partial charge in [-0.15, -0.1) is 0 Å². The third kappa shape index (κ3) is 11.6. The van der Waals surface area contributed by atoms with Crippen LogP contribution in [0.15, 0.2) is 43.3 Å². The fraction of sp³-hybridized carbons (Fsp3) is 0.677. The first-order valence-corrected chi connectivity index (χ1v) is 14.2. The number of piperidine rings is 1. The molecule has 3 rings (SSSR count). The lowest BCUT2D eigenvalue weighted by molar-refractivity contribution is 0.359. The van der Waals surface area contributed by atoms with Crippen molar-refractivity contribution < 1.29 is 4.74 Å². The summed E-state index contributed by atoms with van der Waals surface area (Å²) in [4.78, 5) is 2.36. The molecule has 198 valence electrons. The maximum absolute atomic E-state index is 5.51. The van der Waals surface area contributed by atoms with Gasteiger partial charge in [-0.1, -0.05) is 65.3 Å². The molecular weight excluding hydrogens is 430 g/mol. The molecule has 1 aromatic carbocycles. The molecule has 4 nitrogen and oxygen atoms in total. The summed E-state index contributed by atoms with van der Waals surface area (Å²) < 4.78 is 5.51. The van der Waals surface area contributed by atoms with Crippen LogP contribution in [-0.4, -0.2) is 37.7 Å². The topological polar surface area (TPSA) is 36.5 Å². The molecule has 2 fully saturated rings. The minimum atomic E-state index is 0.649. The van der Waals surface area contributed by atoms with E-state index in [1.165, 1.54) is 81.2 Å². The minimum Gasteiger partial charge on any atom is -0.496 e. The number of ether oxygens (including phenoxy) is 1. The second-order valence-electron chi connectivity index (χ2n) is 10.7.